The number of hydrogen-bond donors (Lipinski definition) is 4. The number of anilines is 1. The molecule has 140 valence electrons. The van der Waals surface area contributed by atoms with Crippen LogP contribution < -0.4 is 32.5 Å². The summed E-state index contributed by atoms with van der Waals surface area (Å²) < 4.78 is 0. The highest BCUT2D eigenvalue weighted by molar-refractivity contribution is 6.09. The van der Waals surface area contributed by atoms with Crippen molar-refractivity contribution in [3.05, 3.63) is 47.0 Å². The quantitative estimate of drug-likeness (QED) is 0.556. The fraction of sp³-hybridized carbons (Fsp3) is 0.381. The Hall–Kier alpha value is -2.53. The Balaban J connectivity index is 2.49. The zero-order chi connectivity index (χ0) is 18.8. The molecule has 2 rings (SSSR count). The number of hydrogen-bond acceptors (Lipinski definition) is 5. The van der Waals surface area contributed by atoms with E-state index in [1.54, 1.807) is 18.5 Å². The third kappa shape index (κ3) is 5.23. The number of benzene rings is 1. The highest BCUT2D eigenvalue weighted by atomic mass is 15.0. The molecule has 0 bridgehead atoms. The second kappa shape index (κ2) is 10.5. The highest BCUT2D eigenvalue weighted by Gasteiger charge is 2.14. The van der Waals surface area contributed by atoms with Crippen molar-refractivity contribution < 1.29 is 0 Å². The van der Waals surface area contributed by atoms with Gasteiger partial charge < -0.3 is 22.1 Å². The zero-order valence-corrected chi connectivity index (χ0v) is 15.7. The molecule has 1 fully saturated rings. The van der Waals surface area contributed by atoms with Crippen molar-refractivity contribution in [2.45, 2.75) is 32.2 Å². The summed E-state index contributed by atoms with van der Waals surface area (Å²) in [6.45, 7) is 8.78. The summed E-state index contributed by atoms with van der Waals surface area (Å²) in [6, 6.07) is 4.61. The standard InChI is InChI=1S/C21H31N5/c1-3-5-16-11-17(18(13-22)15-25-8-4-2)12-21(20(16)14-23)26-19-6-9-24-10-7-19/h3,5,11-15,19,24,26H,1,4,6-10,22-23H2,2H3/b16-5-,18-13?,20-14+,25-15?. The second-order valence-corrected chi connectivity index (χ2v) is 6.42. The van der Waals surface area contributed by atoms with Crippen molar-refractivity contribution in [2.24, 2.45) is 16.5 Å². The van der Waals surface area contributed by atoms with Gasteiger partial charge in [0.2, 0.25) is 0 Å². The number of nitrogens with zero attached hydrogens (tertiary/aromatic N) is 1. The van der Waals surface area contributed by atoms with E-state index in [0.717, 1.165) is 66.2 Å². The molecule has 1 heterocycles. The number of piperidine rings is 1. The summed E-state index contributed by atoms with van der Waals surface area (Å²) in [5.41, 5.74) is 14.8. The predicted molar refractivity (Wildman–Crippen MR) is 114 cm³/mol. The van der Waals surface area contributed by atoms with Gasteiger partial charge in [-0.3, -0.25) is 4.99 Å². The Kier molecular flexibility index (Phi) is 7.96. The molecule has 5 nitrogen and oxygen atoms in total. The third-order valence-corrected chi connectivity index (χ3v) is 4.47. The van der Waals surface area contributed by atoms with Gasteiger partial charge in [-0.1, -0.05) is 25.7 Å². The minimum Gasteiger partial charge on any atom is -0.404 e. The van der Waals surface area contributed by atoms with Crippen LogP contribution in [0.1, 0.15) is 31.7 Å². The molecule has 1 saturated heterocycles. The Labute approximate surface area is 156 Å². The van der Waals surface area contributed by atoms with E-state index in [9.17, 15) is 0 Å². The van der Waals surface area contributed by atoms with Crippen molar-refractivity contribution in [3.63, 3.8) is 0 Å². The largest absolute Gasteiger partial charge is 0.404 e. The van der Waals surface area contributed by atoms with Crippen LogP contribution in [-0.4, -0.2) is 31.9 Å². The van der Waals surface area contributed by atoms with E-state index in [1.165, 1.54) is 0 Å². The van der Waals surface area contributed by atoms with Crippen LogP contribution in [-0.2, 0) is 0 Å². The summed E-state index contributed by atoms with van der Waals surface area (Å²) in [4.78, 5) is 4.44. The SMILES string of the molecule is C=C/C=c1/cc(C(C=NCCC)=CN)cc(NC2CCNCC2)/c1=C/N. The summed E-state index contributed by atoms with van der Waals surface area (Å²) >= 11 is 0. The number of nitrogens with one attached hydrogen (secondary N) is 2. The first-order chi connectivity index (χ1) is 12.7. The molecular weight excluding hydrogens is 322 g/mol. The smallest absolute Gasteiger partial charge is 0.0442 e. The van der Waals surface area contributed by atoms with Crippen molar-refractivity contribution >= 4 is 29.8 Å². The lowest BCUT2D eigenvalue weighted by Gasteiger charge is -2.25. The minimum atomic E-state index is 0.431. The van der Waals surface area contributed by atoms with Gasteiger partial charge in [-0.15, -0.1) is 0 Å². The van der Waals surface area contributed by atoms with Gasteiger partial charge in [0.15, 0.2) is 0 Å². The van der Waals surface area contributed by atoms with E-state index in [1.807, 2.05) is 12.3 Å². The van der Waals surface area contributed by atoms with Crippen molar-refractivity contribution in [3.8, 4) is 0 Å². The van der Waals surface area contributed by atoms with Gasteiger partial charge in [0.1, 0.15) is 0 Å². The molecule has 0 spiro atoms. The number of nitrogens with two attached hydrogens (primary N) is 2. The average molecular weight is 354 g/mol. The van der Waals surface area contributed by atoms with Gasteiger partial charge >= 0.3 is 0 Å². The molecule has 1 aliphatic rings. The highest BCUT2D eigenvalue weighted by Crippen LogP contribution is 2.15. The number of allylic oxidation sites excluding steroid dienone is 2. The molecule has 0 amide bonds. The van der Waals surface area contributed by atoms with Gasteiger partial charge in [-0.2, -0.15) is 0 Å². The zero-order valence-electron chi connectivity index (χ0n) is 15.7. The van der Waals surface area contributed by atoms with Crippen molar-refractivity contribution in [1.82, 2.24) is 5.32 Å². The summed E-state index contributed by atoms with van der Waals surface area (Å²) in [6.07, 6.45) is 12.0. The lowest BCUT2D eigenvalue weighted by atomic mass is 10.0. The van der Waals surface area contributed by atoms with Crippen LogP contribution in [0.3, 0.4) is 0 Å². The first kappa shape index (κ1) is 19.8. The Bertz CT molecular complexity index is 770. The maximum absolute atomic E-state index is 5.95. The molecule has 0 unspecified atom stereocenters. The first-order valence-electron chi connectivity index (χ1n) is 9.31. The molecule has 5 heteroatoms. The molecule has 6 N–H and O–H groups in total. The van der Waals surface area contributed by atoms with Gasteiger partial charge in [0.25, 0.3) is 0 Å². The van der Waals surface area contributed by atoms with Gasteiger partial charge in [-0.25, -0.2) is 0 Å². The lowest BCUT2D eigenvalue weighted by Crippen LogP contribution is -2.38. The molecule has 0 saturated carbocycles. The van der Waals surface area contributed by atoms with Crippen LogP contribution in [0.2, 0.25) is 0 Å². The lowest BCUT2D eigenvalue weighted by molar-refractivity contribution is 0.479. The summed E-state index contributed by atoms with van der Waals surface area (Å²) in [7, 11) is 0. The molecule has 26 heavy (non-hydrogen) atoms. The van der Waals surface area contributed by atoms with E-state index in [4.69, 9.17) is 11.5 Å². The minimum absolute atomic E-state index is 0.431. The topological polar surface area (TPSA) is 88.5 Å². The molecule has 1 aromatic rings. The molecule has 1 aromatic carbocycles. The monoisotopic (exact) mass is 353 g/mol. The Morgan fingerprint density at radius 1 is 1.35 bits per heavy atom. The summed E-state index contributed by atoms with van der Waals surface area (Å²) in [5.74, 6) is 0. The molecule has 1 aliphatic heterocycles. The molecule has 0 atom stereocenters. The average Bonchev–Trinajstić information content (AvgIpc) is 2.66. The van der Waals surface area contributed by atoms with Crippen molar-refractivity contribution in [2.75, 3.05) is 25.0 Å². The van der Waals surface area contributed by atoms with Gasteiger partial charge in [0, 0.05) is 47.7 Å². The fourth-order valence-electron chi connectivity index (χ4n) is 3.10. The van der Waals surface area contributed by atoms with Crippen LogP contribution in [0.15, 0.2) is 36.0 Å². The Morgan fingerprint density at radius 2 is 2.12 bits per heavy atom. The van der Waals surface area contributed by atoms with Gasteiger partial charge in [-0.05, 0) is 55.3 Å². The number of rotatable bonds is 7. The molecule has 0 radical (unpaired) electrons. The second-order valence-electron chi connectivity index (χ2n) is 6.42. The fourth-order valence-corrected chi connectivity index (χ4v) is 3.10. The van der Waals surface area contributed by atoms with Crippen LogP contribution in [0.4, 0.5) is 5.69 Å². The Morgan fingerprint density at radius 3 is 2.73 bits per heavy atom. The summed E-state index contributed by atoms with van der Waals surface area (Å²) in [5, 5.41) is 9.06. The van der Waals surface area contributed by atoms with Crippen molar-refractivity contribution in [1.29, 1.82) is 0 Å². The normalized spacial score (nSPS) is 17.8. The van der Waals surface area contributed by atoms with Crippen LogP contribution in [0.5, 0.6) is 0 Å². The first-order valence-corrected chi connectivity index (χ1v) is 9.31. The van der Waals surface area contributed by atoms with E-state index in [2.05, 4.69) is 41.3 Å². The van der Waals surface area contributed by atoms with Crippen LogP contribution in [0.25, 0.3) is 17.8 Å². The van der Waals surface area contributed by atoms with Crippen LogP contribution >= 0.6 is 0 Å². The molecule has 0 aliphatic carbocycles. The van der Waals surface area contributed by atoms with E-state index >= 15 is 0 Å². The molecular formula is C21H31N5. The number of aliphatic imine (C=N–C) groups is 1. The maximum atomic E-state index is 5.95. The van der Waals surface area contributed by atoms with E-state index in [0.29, 0.717) is 6.04 Å². The van der Waals surface area contributed by atoms with E-state index in [-0.39, 0.29) is 0 Å². The third-order valence-electron chi connectivity index (χ3n) is 4.47. The van der Waals surface area contributed by atoms with Gasteiger partial charge in [0.05, 0.1) is 0 Å². The molecule has 0 aromatic heterocycles. The van der Waals surface area contributed by atoms with E-state index < -0.39 is 0 Å². The van der Waals surface area contributed by atoms with Crippen LogP contribution in [0, 0.1) is 0 Å². The predicted octanol–water partition coefficient (Wildman–Crippen LogP) is 1.29. The maximum Gasteiger partial charge on any atom is 0.0442 e.